The summed E-state index contributed by atoms with van der Waals surface area (Å²) in [6.45, 7) is 1.60. The van der Waals surface area contributed by atoms with Crippen molar-refractivity contribution in [3.63, 3.8) is 0 Å². The molecule has 9 heteroatoms. The van der Waals surface area contributed by atoms with E-state index in [1.54, 1.807) is 45.4 Å². The third-order valence-corrected chi connectivity index (χ3v) is 4.95. The van der Waals surface area contributed by atoms with Gasteiger partial charge >= 0.3 is 0 Å². The number of aromatic nitrogens is 2. The van der Waals surface area contributed by atoms with Crippen molar-refractivity contribution in [3.05, 3.63) is 54.1 Å². The first kappa shape index (κ1) is 20.3. The maximum absolute atomic E-state index is 12.4. The van der Waals surface area contributed by atoms with E-state index in [9.17, 15) is 9.59 Å². The van der Waals surface area contributed by atoms with Gasteiger partial charge in [-0.15, -0.1) is 10.2 Å². The molecule has 0 aliphatic heterocycles. The van der Waals surface area contributed by atoms with Gasteiger partial charge in [0, 0.05) is 11.1 Å². The highest BCUT2D eigenvalue weighted by Crippen LogP contribution is 2.28. The van der Waals surface area contributed by atoms with Crippen LogP contribution in [0.4, 0.5) is 5.13 Å². The topological polar surface area (TPSA) is 102 Å². The number of ether oxygens (including phenoxy) is 2. The maximum Gasteiger partial charge on any atom is 0.251 e. The van der Waals surface area contributed by atoms with Crippen LogP contribution in [0.1, 0.15) is 17.3 Å². The zero-order valence-electron chi connectivity index (χ0n) is 16.1. The molecule has 3 rings (SSSR count). The summed E-state index contributed by atoms with van der Waals surface area (Å²) in [5.41, 5.74) is 1.27. The Morgan fingerprint density at radius 2 is 1.72 bits per heavy atom. The van der Waals surface area contributed by atoms with E-state index in [0.29, 0.717) is 27.2 Å². The van der Waals surface area contributed by atoms with Gasteiger partial charge in [0.25, 0.3) is 5.91 Å². The molecule has 8 nitrogen and oxygen atoms in total. The summed E-state index contributed by atoms with van der Waals surface area (Å²) in [5, 5.41) is 14.4. The molecule has 2 amide bonds. The summed E-state index contributed by atoms with van der Waals surface area (Å²) in [6, 6.07) is 13.3. The summed E-state index contributed by atoms with van der Waals surface area (Å²) >= 11 is 1.23. The fourth-order valence-electron chi connectivity index (χ4n) is 2.45. The maximum atomic E-state index is 12.4. The minimum Gasteiger partial charge on any atom is -0.497 e. The molecule has 1 aromatic heterocycles. The Bertz CT molecular complexity index is 1000. The molecule has 0 fully saturated rings. The molecule has 150 valence electrons. The number of hydrogen-bond donors (Lipinski definition) is 2. The molecule has 1 atom stereocenters. The van der Waals surface area contributed by atoms with Crippen molar-refractivity contribution in [3.8, 4) is 22.1 Å². The van der Waals surface area contributed by atoms with Gasteiger partial charge in [-0.25, -0.2) is 0 Å². The molecule has 3 aromatic rings. The highest BCUT2D eigenvalue weighted by molar-refractivity contribution is 7.18. The van der Waals surface area contributed by atoms with Crippen LogP contribution in [0.5, 0.6) is 11.5 Å². The Hall–Kier alpha value is -3.46. The third-order valence-electron chi connectivity index (χ3n) is 4.06. The van der Waals surface area contributed by atoms with E-state index in [1.165, 1.54) is 11.3 Å². The van der Waals surface area contributed by atoms with Crippen LogP contribution in [0.15, 0.2) is 48.5 Å². The standard InChI is InChI=1S/C20H20N4O4S/c1-12(21-18(26)13-7-9-15(27-2)10-8-13)17(25)22-20-24-23-19(29-20)14-5-4-6-16(11-14)28-3/h4-12H,1-3H3,(H,21,26)(H,22,24,25)/t12-/m1/s1. The van der Waals surface area contributed by atoms with Gasteiger partial charge in [-0.1, -0.05) is 23.5 Å². The van der Waals surface area contributed by atoms with Crippen LogP contribution < -0.4 is 20.1 Å². The van der Waals surface area contributed by atoms with Crippen LogP contribution in [-0.2, 0) is 4.79 Å². The zero-order valence-corrected chi connectivity index (χ0v) is 16.9. The van der Waals surface area contributed by atoms with Gasteiger partial charge in [-0.2, -0.15) is 0 Å². The molecule has 2 aromatic carbocycles. The third kappa shape index (κ3) is 5.08. The van der Waals surface area contributed by atoms with E-state index in [1.807, 2.05) is 24.3 Å². The van der Waals surface area contributed by atoms with Crippen molar-refractivity contribution < 1.29 is 19.1 Å². The Morgan fingerprint density at radius 3 is 2.41 bits per heavy atom. The average molecular weight is 412 g/mol. The summed E-state index contributed by atoms with van der Waals surface area (Å²) in [7, 11) is 3.14. The smallest absolute Gasteiger partial charge is 0.251 e. The van der Waals surface area contributed by atoms with Crippen molar-refractivity contribution in [2.45, 2.75) is 13.0 Å². The molecule has 0 unspecified atom stereocenters. The minimum absolute atomic E-state index is 0.346. The van der Waals surface area contributed by atoms with Crippen molar-refractivity contribution in [2.24, 2.45) is 0 Å². The lowest BCUT2D eigenvalue weighted by Gasteiger charge is -2.13. The molecule has 0 bridgehead atoms. The lowest BCUT2D eigenvalue weighted by molar-refractivity contribution is -0.117. The lowest BCUT2D eigenvalue weighted by atomic mass is 10.2. The number of nitrogens with zero attached hydrogens (tertiary/aromatic N) is 2. The quantitative estimate of drug-likeness (QED) is 0.619. The largest absolute Gasteiger partial charge is 0.497 e. The number of nitrogens with one attached hydrogen (secondary N) is 2. The fourth-order valence-corrected chi connectivity index (χ4v) is 3.19. The Balaban J connectivity index is 1.60. The van der Waals surface area contributed by atoms with Gasteiger partial charge in [0.1, 0.15) is 22.5 Å². The molecule has 29 heavy (non-hydrogen) atoms. The molecule has 0 saturated carbocycles. The molecule has 0 radical (unpaired) electrons. The van der Waals surface area contributed by atoms with E-state index in [4.69, 9.17) is 9.47 Å². The van der Waals surface area contributed by atoms with E-state index >= 15 is 0 Å². The van der Waals surface area contributed by atoms with Gasteiger partial charge in [0.15, 0.2) is 0 Å². The molecule has 0 spiro atoms. The first-order valence-corrected chi connectivity index (χ1v) is 9.55. The second kappa shape index (κ2) is 9.16. The molecular weight excluding hydrogens is 392 g/mol. The zero-order chi connectivity index (χ0) is 20.8. The monoisotopic (exact) mass is 412 g/mol. The number of benzene rings is 2. The normalized spacial score (nSPS) is 11.4. The van der Waals surface area contributed by atoms with Gasteiger partial charge in [-0.05, 0) is 43.3 Å². The van der Waals surface area contributed by atoms with Crippen LogP contribution >= 0.6 is 11.3 Å². The number of carbonyl (C=O) groups is 2. The van der Waals surface area contributed by atoms with Crippen molar-refractivity contribution in [1.29, 1.82) is 0 Å². The first-order chi connectivity index (χ1) is 14.0. The van der Waals surface area contributed by atoms with Crippen molar-refractivity contribution >= 4 is 28.3 Å². The summed E-state index contributed by atoms with van der Waals surface area (Å²) in [5.74, 6) is 0.610. The summed E-state index contributed by atoms with van der Waals surface area (Å²) in [6.07, 6.45) is 0. The van der Waals surface area contributed by atoms with E-state index in [2.05, 4.69) is 20.8 Å². The van der Waals surface area contributed by atoms with E-state index in [-0.39, 0.29) is 11.8 Å². The molecule has 0 aliphatic carbocycles. The number of amides is 2. The van der Waals surface area contributed by atoms with Crippen LogP contribution in [0.3, 0.4) is 0 Å². The summed E-state index contributed by atoms with van der Waals surface area (Å²) < 4.78 is 10.3. The predicted octanol–water partition coefficient (Wildman–Crippen LogP) is 2.98. The Kier molecular flexibility index (Phi) is 6.40. The molecular formula is C20H20N4O4S. The first-order valence-electron chi connectivity index (χ1n) is 8.74. The van der Waals surface area contributed by atoms with Gasteiger partial charge in [0.05, 0.1) is 14.2 Å². The van der Waals surface area contributed by atoms with Gasteiger partial charge in [-0.3, -0.25) is 14.9 Å². The average Bonchev–Trinajstić information content (AvgIpc) is 3.22. The van der Waals surface area contributed by atoms with Crippen molar-refractivity contribution in [1.82, 2.24) is 15.5 Å². The van der Waals surface area contributed by atoms with Crippen LogP contribution in [0.2, 0.25) is 0 Å². The summed E-state index contributed by atoms with van der Waals surface area (Å²) in [4.78, 5) is 24.7. The highest BCUT2D eigenvalue weighted by atomic mass is 32.1. The van der Waals surface area contributed by atoms with Crippen molar-refractivity contribution in [2.75, 3.05) is 19.5 Å². The highest BCUT2D eigenvalue weighted by Gasteiger charge is 2.18. The van der Waals surface area contributed by atoms with Gasteiger partial charge in [0.2, 0.25) is 11.0 Å². The van der Waals surface area contributed by atoms with E-state index in [0.717, 1.165) is 5.56 Å². The fraction of sp³-hybridized carbons (Fsp3) is 0.200. The second-order valence-corrected chi connectivity index (χ2v) is 7.03. The lowest BCUT2D eigenvalue weighted by Crippen LogP contribution is -2.41. The van der Waals surface area contributed by atoms with E-state index < -0.39 is 6.04 Å². The SMILES string of the molecule is COc1ccc(C(=O)N[C@H](C)C(=O)Nc2nnc(-c3cccc(OC)c3)s2)cc1. The molecule has 2 N–H and O–H groups in total. The second-order valence-electron chi connectivity index (χ2n) is 6.06. The molecule has 0 saturated heterocycles. The van der Waals surface area contributed by atoms with Crippen LogP contribution in [-0.4, -0.2) is 42.3 Å². The Morgan fingerprint density at radius 1 is 1.00 bits per heavy atom. The number of anilines is 1. The predicted molar refractivity (Wildman–Crippen MR) is 110 cm³/mol. The number of rotatable bonds is 7. The van der Waals surface area contributed by atoms with Gasteiger partial charge < -0.3 is 14.8 Å². The number of carbonyl (C=O) groups excluding carboxylic acids is 2. The van der Waals surface area contributed by atoms with Crippen LogP contribution in [0, 0.1) is 0 Å². The van der Waals surface area contributed by atoms with Crippen LogP contribution in [0.25, 0.3) is 10.6 Å². The Labute approximate surface area is 171 Å². The number of methoxy groups -OCH3 is 2. The number of hydrogen-bond acceptors (Lipinski definition) is 7. The minimum atomic E-state index is -0.756. The molecule has 0 aliphatic rings. The molecule has 1 heterocycles.